The minimum Gasteiger partial charge on any atom is -0.398 e. The Balaban J connectivity index is 1.75. The summed E-state index contributed by atoms with van der Waals surface area (Å²) in [5.74, 6) is 1.95. The smallest absolute Gasteiger partial charge is 0.244 e. The van der Waals surface area contributed by atoms with Crippen molar-refractivity contribution in [1.29, 1.82) is 0 Å². The zero-order chi connectivity index (χ0) is 14.3. The zero-order valence-corrected chi connectivity index (χ0v) is 12.4. The van der Waals surface area contributed by atoms with Gasteiger partial charge in [0.15, 0.2) is 0 Å². The van der Waals surface area contributed by atoms with E-state index in [1.807, 2.05) is 6.92 Å². The van der Waals surface area contributed by atoms with Crippen molar-refractivity contribution in [3.8, 4) is 0 Å². The van der Waals surface area contributed by atoms with E-state index in [4.69, 9.17) is 5.73 Å². The molecule has 6 heteroatoms. The summed E-state index contributed by atoms with van der Waals surface area (Å²) in [7, 11) is -3.58. The molecule has 0 amide bonds. The summed E-state index contributed by atoms with van der Waals surface area (Å²) in [5.41, 5.74) is 5.98. The number of sulfonamides is 1. The number of pyridine rings is 1. The first-order chi connectivity index (χ1) is 9.47. The number of anilines is 1. The van der Waals surface area contributed by atoms with Crippen molar-refractivity contribution in [2.24, 2.45) is 17.8 Å². The first-order valence-electron chi connectivity index (χ1n) is 7.19. The summed E-state index contributed by atoms with van der Waals surface area (Å²) in [6.07, 6.45) is 7.79. The lowest BCUT2D eigenvalue weighted by molar-refractivity contribution is 0.280. The predicted octanol–water partition coefficient (Wildman–Crippen LogP) is 1.77. The molecule has 0 aliphatic heterocycles. The van der Waals surface area contributed by atoms with Crippen LogP contribution >= 0.6 is 0 Å². The molecule has 3 rings (SSSR count). The molecule has 5 nitrogen and oxygen atoms in total. The van der Waals surface area contributed by atoms with Crippen LogP contribution in [0.2, 0.25) is 0 Å². The third-order valence-corrected chi connectivity index (χ3v) is 6.48. The average molecular weight is 295 g/mol. The highest BCUT2D eigenvalue weighted by atomic mass is 32.2. The maximum absolute atomic E-state index is 12.4. The first kappa shape index (κ1) is 13.8. The lowest BCUT2D eigenvalue weighted by atomic mass is 9.84. The van der Waals surface area contributed by atoms with Crippen LogP contribution in [0.15, 0.2) is 23.4 Å². The van der Waals surface area contributed by atoms with Crippen molar-refractivity contribution in [2.45, 2.75) is 43.5 Å². The number of nitrogen functional groups attached to an aromatic ring is 1. The summed E-state index contributed by atoms with van der Waals surface area (Å²) in [5, 5.41) is 0. The third-order valence-electron chi connectivity index (χ3n) is 4.88. The number of aromatic nitrogens is 1. The van der Waals surface area contributed by atoms with Crippen molar-refractivity contribution in [1.82, 2.24) is 9.71 Å². The summed E-state index contributed by atoms with van der Waals surface area (Å²) in [4.78, 5) is 3.93. The minimum atomic E-state index is -3.58. The number of hydrogen-bond donors (Lipinski definition) is 2. The Kier molecular flexibility index (Phi) is 3.46. The molecule has 20 heavy (non-hydrogen) atoms. The lowest BCUT2D eigenvalue weighted by Crippen LogP contribution is -2.40. The minimum absolute atomic E-state index is 0.0464. The Bertz CT molecular complexity index is 602. The van der Waals surface area contributed by atoms with Crippen LogP contribution in [0.4, 0.5) is 5.69 Å². The van der Waals surface area contributed by atoms with Crippen LogP contribution in [0.5, 0.6) is 0 Å². The van der Waals surface area contributed by atoms with Crippen LogP contribution in [0.25, 0.3) is 0 Å². The Hall–Kier alpha value is -1.14. The molecule has 2 saturated carbocycles. The van der Waals surface area contributed by atoms with Crippen LogP contribution in [-0.2, 0) is 10.0 Å². The van der Waals surface area contributed by atoms with E-state index in [0.717, 1.165) is 12.3 Å². The van der Waals surface area contributed by atoms with Crippen molar-refractivity contribution < 1.29 is 8.42 Å². The molecule has 4 atom stereocenters. The maximum atomic E-state index is 12.4. The number of nitrogens with zero attached hydrogens (tertiary/aromatic N) is 1. The number of rotatable bonds is 4. The van der Waals surface area contributed by atoms with Gasteiger partial charge < -0.3 is 5.73 Å². The fourth-order valence-electron chi connectivity index (χ4n) is 3.92. The van der Waals surface area contributed by atoms with E-state index in [2.05, 4.69) is 9.71 Å². The number of hydrogen-bond acceptors (Lipinski definition) is 4. The van der Waals surface area contributed by atoms with Crippen molar-refractivity contribution >= 4 is 15.7 Å². The van der Waals surface area contributed by atoms with Gasteiger partial charge in [0.2, 0.25) is 10.0 Å². The largest absolute Gasteiger partial charge is 0.398 e. The topological polar surface area (TPSA) is 85.1 Å². The van der Waals surface area contributed by atoms with Gasteiger partial charge in [-0.2, -0.15) is 0 Å². The van der Waals surface area contributed by atoms with E-state index >= 15 is 0 Å². The summed E-state index contributed by atoms with van der Waals surface area (Å²) >= 11 is 0. The summed E-state index contributed by atoms with van der Waals surface area (Å²) in [6, 6.07) is 1.46. The van der Waals surface area contributed by atoms with Gasteiger partial charge in [-0.3, -0.25) is 4.98 Å². The van der Waals surface area contributed by atoms with E-state index in [1.54, 1.807) is 0 Å². The molecule has 0 spiro atoms. The number of nitrogens with one attached hydrogen (secondary N) is 1. The monoisotopic (exact) mass is 295 g/mol. The molecular formula is C14H21N3O2S. The highest BCUT2D eigenvalue weighted by Crippen LogP contribution is 2.49. The van der Waals surface area contributed by atoms with Gasteiger partial charge in [0.25, 0.3) is 0 Å². The van der Waals surface area contributed by atoms with Gasteiger partial charge in [-0.1, -0.05) is 6.42 Å². The zero-order valence-electron chi connectivity index (χ0n) is 11.6. The van der Waals surface area contributed by atoms with E-state index in [0.29, 0.717) is 11.8 Å². The lowest BCUT2D eigenvalue weighted by Gasteiger charge is -2.28. The fraction of sp³-hybridized carbons (Fsp3) is 0.643. The SMILES string of the molecule is CC(NS(=O)(=O)c1cnccc1N)C1CC2CCC1C2. The molecule has 2 aliphatic carbocycles. The molecule has 1 aromatic heterocycles. The number of nitrogens with two attached hydrogens (primary N) is 1. The van der Waals surface area contributed by atoms with E-state index < -0.39 is 10.0 Å². The molecule has 0 radical (unpaired) electrons. The van der Waals surface area contributed by atoms with Crippen LogP contribution in [0, 0.1) is 17.8 Å². The number of fused-ring (bicyclic) bond motifs is 2. The quantitative estimate of drug-likeness (QED) is 0.886. The van der Waals surface area contributed by atoms with Gasteiger partial charge >= 0.3 is 0 Å². The molecule has 2 aliphatic rings. The molecule has 0 saturated heterocycles. The second kappa shape index (κ2) is 5.00. The van der Waals surface area contributed by atoms with Gasteiger partial charge in [0.1, 0.15) is 4.90 Å². The molecule has 4 unspecified atom stereocenters. The van der Waals surface area contributed by atoms with E-state index in [1.165, 1.54) is 37.7 Å². The Morgan fingerprint density at radius 3 is 2.80 bits per heavy atom. The second-order valence-electron chi connectivity index (χ2n) is 6.16. The molecular weight excluding hydrogens is 274 g/mol. The molecule has 2 fully saturated rings. The molecule has 110 valence electrons. The fourth-order valence-corrected chi connectivity index (χ4v) is 5.29. The van der Waals surface area contributed by atoms with Crippen LogP contribution in [0.1, 0.15) is 32.6 Å². The van der Waals surface area contributed by atoms with Crippen molar-refractivity contribution in [3.05, 3.63) is 18.5 Å². The van der Waals surface area contributed by atoms with Crippen LogP contribution in [0.3, 0.4) is 0 Å². The standard InChI is InChI=1S/C14H21N3O2S/c1-9(12-7-10-2-3-11(12)6-10)17-20(18,19)14-8-16-5-4-13(14)15/h4-5,8-12,17H,2-3,6-7H2,1H3,(H2,15,16). The molecule has 2 bridgehead atoms. The Morgan fingerprint density at radius 1 is 1.40 bits per heavy atom. The second-order valence-corrected chi connectivity index (χ2v) is 7.84. The molecule has 0 aromatic carbocycles. The van der Waals surface area contributed by atoms with Crippen molar-refractivity contribution in [3.63, 3.8) is 0 Å². The summed E-state index contributed by atoms with van der Waals surface area (Å²) in [6.45, 7) is 1.97. The first-order valence-corrected chi connectivity index (χ1v) is 8.67. The normalized spacial score (nSPS) is 30.6. The predicted molar refractivity (Wildman–Crippen MR) is 77.4 cm³/mol. The van der Waals surface area contributed by atoms with Gasteiger partial charge in [-0.25, -0.2) is 13.1 Å². The average Bonchev–Trinajstić information content (AvgIpc) is 3.00. The van der Waals surface area contributed by atoms with Crippen molar-refractivity contribution in [2.75, 3.05) is 5.73 Å². The summed E-state index contributed by atoms with van der Waals surface area (Å²) < 4.78 is 27.6. The maximum Gasteiger partial charge on any atom is 0.244 e. The van der Waals surface area contributed by atoms with Crippen LogP contribution < -0.4 is 10.5 Å². The van der Waals surface area contributed by atoms with Gasteiger partial charge in [-0.15, -0.1) is 0 Å². The van der Waals surface area contributed by atoms with E-state index in [9.17, 15) is 8.42 Å². The van der Waals surface area contributed by atoms with Gasteiger partial charge in [0, 0.05) is 18.4 Å². The Labute approximate surface area is 120 Å². The third kappa shape index (κ3) is 2.42. The highest BCUT2D eigenvalue weighted by Gasteiger charge is 2.42. The van der Waals surface area contributed by atoms with Crippen LogP contribution in [-0.4, -0.2) is 19.4 Å². The van der Waals surface area contributed by atoms with Gasteiger partial charge in [0.05, 0.1) is 5.69 Å². The Morgan fingerprint density at radius 2 is 2.20 bits per heavy atom. The molecule has 3 N–H and O–H groups in total. The highest BCUT2D eigenvalue weighted by molar-refractivity contribution is 7.89. The van der Waals surface area contributed by atoms with E-state index in [-0.39, 0.29) is 16.6 Å². The van der Waals surface area contributed by atoms with Gasteiger partial charge in [-0.05, 0) is 50.0 Å². The molecule has 1 heterocycles. The molecule has 1 aromatic rings.